The molecular formula is C16H12Cl2F3N4OP. The summed E-state index contributed by atoms with van der Waals surface area (Å²) >= 11 is 11.7. The summed E-state index contributed by atoms with van der Waals surface area (Å²) in [6.45, 7) is 0.579. The summed E-state index contributed by atoms with van der Waals surface area (Å²) in [5.74, 6) is 0. The van der Waals surface area contributed by atoms with Crippen molar-refractivity contribution in [1.82, 2.24) is 14.8 Å². The first-order valence-corrected chi connectivity index (χ1v) is 8.84. The molecule has 1 heterocycles. The van der Waals surface area contributed by atoms with Crippen molar-refractivity contribution in [3.8, 4) is 0 Å². The van der Waals surface area contributed by atoms with Gasteiger partial charge in [-0.15, -0.1) is 10.2 Å². The van der Waals surface area contributed by atoms with Crippen molar-refractivity contribution in [2.24, 2.45) is 0 Å². The number of hydrogen-bond donors (Lipinski definition) is 1. The number of anilines is 1. The summed E-state index contributed by atoms with van der Waals surface area (Å²) in [5, 5.41) is 8.49. The SMILES string of the molecule is Nc1cc(Cl)c(Cl)cc1Cn1cnnc1.O=Pc1cccc(C(F)(F)F)c1. The molecular weight excluding hydrogens is 423 g/mol. The third-order valence-electron chi connectivity index (χ3n) is 3.28. The van der Waals surface area contributed by atoms with Gasteiger partial charge in [0.1, 0.15) is 12.7 Å². The molecule has 0 bridgehead atoms. The number of nitrogens with zero attached hydrogens (tertiary/aromatic N) is 3. The Morgan fingerprint density at radius 3 is 2.30 bits per heavy atom. The summed E-state index contributed by atoms with van der Waals surface area (Å²) in [7, 11) is -0.398. The van der Waals surface area contributed by atoms with Crippen LogP contribution in [0.1, 0.15) is 11.1 Å². The maximum absolute atomic E-state index is 12.0. The molecule has 0 fully saturated rings. The molecule has 0 atom stereocenters. The maximum Gasteiger partial charge on any atom is 0.416 e. The minimum atomic E-state index is -4.36. The van der Waals surface area contributed by atoms with Gasteiger partial charge in [0.15, 0.2) is 8.46 Å². The zero-order valence-electron chi connectivity index (χ0n) is 13.5. The number of alkyl halides is 3. The van der Waals surface area contributed by atoms with Gasteiger partial charge >= 0.3 is 6.18 Å². The van der Waals surface area contributed by atoms with Gasteiger partial charge in [0.05, 0.1) is 22.2 Å². The van der Waals surface area contributed by atoms with E-state index in [0.717, 1.165) is 17.7 Å². The highest BCUT2D eigenvalue weighted by Crippen LogP contribution is 2.29. The van der Waals surface area contributed by atoms with E-state index in [2.05, 4.69) is 10.2 Å². The van der Waals surface area contributed by atoms with E-state index < -0.39 is 20.2 Å². The van der Waals surface area contributed by atoms with Gasteiger partial charge in [-0.2, -0.15) is 13.2 Å². The van der Waals surface area contributed by atoms with Crippen LogP contribution in [-0.4, -0.2) is 14.8 Å². The van der Waals surface area contributed by atoms with Crippen molar-refractivity contribution in [3.63, 3.8) is 0 Å². The molecule has 0 aliphatic heterocycles. The highest BCUT2D eigenvalue weighted by Gasteiger charge is 2.30. The van der Waals surface area contributed by atoms with Crippen molar-refractivity contribution >= 4 is 42.7 Å². The topological polar surface area (TPSA) is 73.8 Å². The molecule has 0 aliphatic carbocycles. The van der Waals surface area contributed by atoms with Crippen molar-refractivity contribution in [1.29, 1.82) is 0 Å². The molecule has 0 aliphatic rings. The number of halogens is 5. The Labute approximate surface area is 164 Å². The largest absolute Gasteiger partial charge is 0.416 e. The smallest absolute Gasteiger partial charge is 0.398 e. The van der Waals surface area contributed by atoms with Gasteiger partial charge in [-0.05, 0) is 35.9 Å². The van der Waals surface area contributed by atoms with Crippen LogP contribution in [0.2, 0.25) is 10.0 Å². The Balaban J connectivity index is 0.000000199. The number of nitrogen functional groups attached to an aromatic ring is 1. The van der Waals surface area contributed by atoms with Crippen LogP contribution in [0.25, 0.3) is 0 Å². The normalized spacial score (nSPS) is 11.1. The maximum atomic E-state index is 12.0. The third kappa shape index (κ3) is 6.20. The molecule has 1 aromatic heterocycles. The lowest BCUT2D eigenvalue weighted by Gasteiger charge is -2.07. The Hall–Kier alpha value is -2.15. The number of rotatable bonds is 3. The number of benzene rings is 2. The van der Waals surface area contributed by atoms with Crippen molar-refractivity contribution in [3.05, 3.63) is 70.2 Å². The zero-order chi connectivity index (χ0) is 20.0. The molecule has 3 rings (SSSR count). The fraction of sp³-hybridized carbons (Fsp3) is 0.125. The first-order valence-electron chi connectivity index (χ1n) is 7.27. The minimum Gasteiger partial charge on any atom is -0.398 e. The Morgan fingerprint density at radius 2 is 1.70 bits per heavy atom. The van der Waals surface area contributed by atoms with E-state index >= 15 is 0 Å². The second-order valence-corrected chi connectivity index (χ2v) is 6.75. The van der Waals surface area contributed by atoms with Crippen LogP contribution >= 0.6 is 31.7 Å². The lowest BCUT2D eigenvalue weighted by Crippen LogP contribution is -2.07. The number of hydrogen-bond acceptors (Lipinski definition) is 4. The molecule has 2 N–H and O–H groups in total. The number of nitrogens with two attached hydrogens (primary N) is 1. The quantitative estimate of drug-likeness (QED) is 0.472. The van der Waals surface area contributed by atoms with Crippen LogP contribution in [-0.2, 0) is 17.3 Å². The second kappa shape index (κ2) is 9.17. The van der Waals surface area contributed by atoms with E-state index in [1.807, 2.05) is 0 Å². The molecule has 0 spiro atoms. The van der Waals surface area contributed by atoms with E-state index in [1.54, 1.807) is 29.4 Å². The molecule has 0 saturated carbocycles. The first-order chi connectivity index (χ1) is 12.7. The van der Waals surface area contributed by atoms with E-state index in [1.165, 1.54) is 12.1 Å². The van der Waals surface area contributed by atoms with Crippen molar-refractivity contribution < 1.29 is 17.7 Å². The van der Waals surface area contributed by atoms with Gasteiger partial charge in [0, 0.05) is 11.0 Å². The number of aromatic nitrogens is 3. The highest BCUT2D eigenvalue weighted by atomic mass is 35.5. The lowest BCUT2D eigenvalue weighted by molar-refractivity contribution is -0.137. The van der Waals surface area contributed by atoms with Crippen LogP contribution in [0.4, 0.5) is 18.9 Å². The van der Waals surface area contributed by atoms with Crippen LogP contribution < -0.4 is 11.0 Å². The molecule has 11 heteroatoms. The lowest BCUT2D eigenvalue weighted by atomic mass is 10.2. The minimum absolute atomic E-state index is 0.129. The predicted octanol–water partition coefficient (Wildman–Crippen LogP) is 4.84. The average molecular weight is 435 g/mol. The zero-order valence-corrected chi connectivity index (χ0v) is 15.9. The molecule has 3 aromatic rings. The standard InChI is InChI=1S/C9H8Cl2N4.C7H4F3OP/c10-7-1-6(9(12)2-8(7)11)3-15-4-13-14-5-15;8-7(9,10)5-2-1-3-6(4-5)12-11/h1-2,4-5H,3,12H2;1-4H. The van der Waals surface area contributed by atoms with Crippen LogP contribution in [0.15, 0.2) is 49.1 Å². The summed E-state index contributed by atoms with van der Waals surface area (Å²) in [4.78, 5) is 0. The Bertz CT molecular complexity index is 921. The second-order valence-electron chi connectivity index (χ2n) is 5.24. The highest BCUT2D eigenvalue weighted by molar-refractivity contribution is 7.34. The summed E-state index contributed by atoms with van der Waals surface area (Å²) in [6.07, 6.45) is -1.13. The molecule has 0 amide bonds. The van der Waals surface area contributed by atoms with Crippen LogP contribution in [0.3, 0.4) is 0 Å². The fourth-order valence-electron chi connectivity index (χ4n) is 1.98. The summed E-state index contributed by atoms with van der Waals surface area (Å²) in [6, 6.07) is 7.78. The molecule has 0 unspecified atom stereocenters. The molecule has 0 saturated heterocycles. The van der Waals surface area contributed by atoms with Crippen LogP contribution in [0, 0.1) is 0 Å². The summed E-state index contributed by atoms with van der Waals surface area (Å²) < 4.78 is 48.0. The van der Waals surface area contributed by atoms with Gasteiger partial charge in [0.2, 0.25) is 0 Å². The van der Waals surface area contributed by atoms with Gasteiger partial charge in [0.25, 0.3) is 0 Å². The van der Waals surface area contributed by atoms with E-state index in [9.17, 15) is 17.7 Å². The predicted molar refractivity (Wildman–Crippen MR) is 98.7 cm³/mol. The van der Waals surface area contributed by atoms with Gasteiger partial charge in [-0.25, -0.2) is 0 Å². The average Bonchev–Trinajstić information content (AvgIpc) is 3.13. The summed E-state index contributed by atoms with van der Waals surface area (Å²) in [5.41, 5.74) is 6.54. The first kappa shape index (κ1) is 21.2. The van der Waals surface area contributed by atoms with Gasteiger partial charge < -0.3 is 10.3 Å². The molecule has 27 heavy (non-hydrogen) atoms. The van der Waals surface area contributed by atoms with E-state index in [4.69, 9.17) is 28.9 Å². The van der Waals surface area contributed by atoms with Crippen molar-refractivity contribution in [2.45, 2.75) is 12.7 Å². The molecule has 5 nitrogen and oxygen atoms in total. The van der Waals surface area contributed by atoms with Crippen LogP contribution in [0.5, 0.6) is 0 Å². The Kier molecular flexibility index (Phi) is 7.18. The molecule has 142 valence electrons. The molecule has 2 aromatic carbocycles. The molecule has 0 radical (unpaired) electrons. The van der Waals surface area contributed by atoms with Crippen molar-refractivity contribution in [2.75, 3.05) is 5.73 Å². The van der Waals surface area contributed by atoms with Gasteiger partial charge in [-0.1, -0.05) is 29.3 Å². The van der Waals surface area contributed by atoms with E-state index in [-0.39, 0.29) is 5.30 Å². The monoisotopic (exact) mass is 434 g/mol. The third-order valence-corrected chi connectivity index (χ3v) is 4.49. The Morgan fingerprint density at radius 1 is 1.07 bits per heavy atom. The van der Waals surface area contributed by atoms with Gasteiger partial charge in [-0.3, -0.25) is 4.57 Å². The fourth-order valence-corrected chi connectivity index (χ4v) is 2.68. The van der Waals surface area contributed by atoms with E-state index in [0.29, 0.717) is 22.3 Å².